The van der Waals surface area contributed by atoms with Crippen LogP contribution in [0.4, 0.5) is 0 Å². The van der Waals surface area contributed by atoms with Crippen molar-refractivity contribution < 1.29 is 9.90 Å². The normalized spacial score (nSPS) is 10.4. The molecule has 0 heterocycles. The molecular formula is C14H10Cl2O2. The average molecular weight is 281 g/mol. The minimum absolute atomic E-state index is 0.203. The smallest absolute Gasteiger partial charge is 0.335 e. The summed E-state index contributed by atoms with van der Waals surface area (Å²) in [5, 5.41) is 10.1. The Bertz CT molecular complexity index is 621. The summed E-state index contributed by atoms with van der Waals surface area (Å²) in [4.78, 5) is 11.0. The van der Waals surface area contributed by atoms with Gasteiger partial charge in [0.1, 0.15) is 0 Å². The summed E-state index contributed by atoms with van der Waals surface area (Å²) in [6.45, 7) is 1.88. The lowest BCUT2D eigenvalue weighted by Gasteiger charge is -2.10. The van der Waals surface area contributed by atoms with Gasteiger partial charge in [-0.3, -0.25) is 0 Å². The van der Waals surface area contributed by atoms with E-state index in [2.05, 4.69) is 0 Å². The predicted octanol–water partition coefficient (Wildman–Crippen LogP) is 4.67. The van der Waals surface area contributed by atoms with Gasteiger partial charge in [0.05, 0.1) is 5.56 Å². The van der Waals surface area contributed by atoms with Gasteiger partial charge < -0.3 is 5.11 Å². The molecule has 2 aromatic carbocycles. The van der Waals surface area contributed by atoms with E-state index in [0.29, 0.717) is 15.6 Å². The molecule has 0 spiro atoms. The van der Waals surface area contributed by atoms with Gasteiger partial charge in [-0.15, -0.1) is 0 Å². The first kappa shape index (κ1) is 12.9. The first-order valence-corrected chi connectivity index (χ1v) is 6.04. The van der Waals surface area contributed by atoms with E-state index in [9.17, 15) is 4.79 Å². The molecule has 2 rings (SSSR count). The van der Waals surface area contributed by atoms with E-state index in [1.54, 1.807) is 18.2 Å². The second-order valence-corrected chi connectivity index (χ2v) is 4.73. The highest BCUT2D eigenvalue weighted by molar-refractivity contribution is 6.34. The van der Waals surface area contributed by atoms with E-state index in [1.165, 1.54) is 6.07 Å². The van der Waals surface area contributed by atoms with Gasteiger partial charge >= 0.3 is 5.97 Å². The van der Waals surface area contributed by atoms with Crippen LogP contribution >= 0.6 is 23.2 Å². The molecule has 2 nitrogen and oxygen atoms in total. The van der Waals surface area contributed by atoms with Crippen molar-refractivity contribution in [3.63, 3.8) is 0 Å². The summed E-state index contributed by atoms with van der Waals surface area (Å²) < 4.78 is 0. The summed E-state index contributed by atoms with van der Waals surface area (Å²) in [5.41, 5.74) is 2.60. The van der Waals surface area contributed by atoms with Gasteiger partial charge in [-0.1, -0.05) is 35.3 Å². The Morgan fingerprint density at radius 1 is 1.06 bits per heavy atom. The molecular weight excluding hydrogens is 271 g/mol. The third-order valence-corrected chi connectivity index (χ3v) is 3.51. The van der Waals surface area contributed by atoms with Gasteiger partial charge in [0.15, 0.2) is 0 Å². The van der Waals surface area contributed by atoms with Gasteiger partial charge in [0.2, 0.25) is 0 Å². The third-order valence-electron chi connectivity index (χ3n) is 2.77. The standard InChI is InChI=1S/C14H10Cl2O2/c1-8-10(3-2-4-12(8)15)11-7-9(14(17)18)5-6-13(11)16/h2-7H,1H3,(H,17,18). The largest absolute Gasteiger partial charge is 0.478 e. The van der Waals surface area contributed by atoms with Crippen LogP contribution in [0.3, 0.4) is 0 Å². The van der Waals surface area contributed by atoms with Gasteiger partial charge in [0.25, 0.3) is 0 Å². The summed E-state index contributed by atoms with van der Waals surface area (Å²) in [6.07, 6.45) is 0. The zero-order valence-corrected chi connectivity index (χ0v) is 11.1. The van der Waals surface area contributed by atoms with Crippen LogP contribution in [0.2, 0.25) is 10.0 Å². The molecule has 0 unspecified atom stereocenters. The summed E-state index contributed by atoms with van der Waals surface area (Å²) in [7, 11) is 0. The molecule has 0 aliphatic carbocycles. The lowest BCUT2D eigenvalue weighted by molar-refractivity contribution is 0.0697. The van der Waals surface area contributed by atoms with Crippen molar-refractivity contribution in [3.8, 4) is 11.1 Å². The molecule has 0 radical (unpaired) electrons. The molecule has 1 N–H and O–H groups in total. The third kappa shape index (κ3) is 2.35. The number of carbonyl (C=O) groups is 1. The molecule has 0 aromatic heterocycles. The molecule has 0 atom stereocenters. The van der Waals surface area contributed by atoms with E-state index in [0.717, 1.165) is 11.1 Å². The highest BCUT2D eigenvalue weighted by Crippen LogP contribution is 2.33. The summed E-state index contributed by atoms with van der Waals surface area (Å²) in [6, 6.07) is 10.1. The SMILES string of the molecule is Cc1c(Cl)cccc1-c1cc(C(=O)O)ccc1Cl. The zero-order chi connectivity index (χ0) is 13.3. The molecule has 0 bridgehead atoms. The second kappa shape index (κ2) is 5.01. The minimum atomic E-state index is -0.979. The van der Waals surface area contributed by atoms with Crippen LogP contribution in [0.25, 0.3) is 11.1 Å². The van der Waals surface area contributed by atoms with Crippen molar-refractivity contribution in [2.45, 2.75) is 6.92 Å². The number of hydrogen-bond acceptors (Lipinski definition) is 1. The van der Waals surface area contributed by atoms with E-state index < -0.39 is 5.97 Å². The fourth-order valence-corrected chi connectivity index (χ4v) is 2.16. The monoisotopic (exact) mass is 280 g/mol. The minimum Gasteiger partial charge on any atom is -0.478 e. The van der Waals surface area contributed by atoms with Gasteiger partial charge in [-0.2, -0.15) is 0 Å². The number of benzene rings is 2. The van der Waals surface area contributed by atoms with Crippen molar-refractivity contribution in [2.24, 2.45) is 0 Å². The molecule has 0 aliphatic heterocycles. The quantitative estimate of drug-likeness (QED) is 0.868. The maximum atomic E-state index is 11.0. The zero-order valence-electron chi connectivity index (χ0n) is 9.58. The molecule has 0 saturated carbocycles. The number of halogens is 2. The van der Waals surface area contributed by atoms with Crippen molar-refractivity contribution in [3.05, 3.63) is 57.6 Å². The summed E-state index contributed by atoms with van der Waals surface area (Å²) >= 11 is 12.2. The molecule has 0 aliphatic rings. The van der Waals surface area contributed by atoms with Crippen LogP contribution in [0, 0.1) is 6.92 Å². The van der Waals surface area contributed by atoms with Gasteiger partial charge in [-0.25, -0.2) is 4.79 Å². The maximum absolute atomic E-state index is 11.0. The number of carboxylic acids is 1. The van der Waals surface area contributed by atoms with Crippen molar-refractivity contribution in [1.82, 2.24) is 0 Å². The molecule has 2 aromatic rings. The molecule has 0 fully saturated rings. The molecule has 0 saturated heterocycles. The van der Waals surface area contributed by atoms with Gasteiger partial charge in [-0.05, 0) is 42.3 Å². The highest BCUT2D eigenvalue weighted by atomic mass is 35.5. The van der Waals surface area contributed by atoms with Crippen LogP contribution in [0.1, 0.15) is 15.9 Å². The molecule has 92 valence electrons. The van der Waals surface area contributed by atoms with Crippen LogP contribution in [-0.4, -0.2) is 11.1 Å². The van der Waals surface area contributed by atoms with E-state index in [-0.39, 0.29) is 5.56 Å². The Hall–Kier alpha value is -1.51. The average Bonchev–Trinajstić information content (AvgIpc) is 2.33. The number of aromatic carboxylic acids is 1. The Balaban J connectivity index is 2.66. The first-order valence-electron chi connectivity index (χ1n) is 5.29. The maximum Gasteiger partial charge on any atom is 0.335 e. The van der Waals surface area contributed by atoms with Crippen LogP contribution in [-0.2, 0) is 0 Å². The number of hydrogen-bond donors (Lipinski definition) is 1. The molecule has 4 heteroatoms. The van der Waals surface area contributed by atoms with E-state index in [4.69, 9.17) is 28.3 Å². The lowest BCUT2D eigenvalue weighted by atomic mass is 9.99. The Kier molecular flexibility index (Phi) is 3.60. The van der Waals surface area contributed by atoms with Crippen molar-refractivity contribution >= 4 is 29.2 Å². The lowest BCUT2D eigenvalue weighted by Crippen LogP contribution is -1.97. The van der Waals surface area contributed by atoms with Crippen molar-refractivity contribution in [1.29, 1.82) is 0 Å². The Morgan fingerprint density at radius 3 is 2.44 bits per heavy atom. The number of rotatable bonds is 2. The molecule has 18 heavy (non-hydrogen) atoms. The van der Waals surface area contributed by atoms with Crippen LogP contribution < -0.4 is 0 Å². The fraction of sp³-hybridized carbons (Fsp3) is 0.0714. The number of carboxylic acid groups (broad SMARTS) is 1. The van der Waals surface area contributed by atoms with E-state index in [1.807, 2.05) is 19.1 Å². The van der Waals surface area contributed by atoms with Crippen LogP contribution in [0.5, 0.6) is 0 Å². The predicted molar refractivity (Wildman–Crippen MR) is 73.6 cm³/mol. The Morgan fingerprint density at radius 2 is 1.78 bits per heavy atom. The van der Waals surface area contributed by atoms with E-state index >= 15 is 0 Å². The highest BCUT2D eigenvalue weighted by Gasteiger charge is 2.11. The molecule has 0 amide bonds. The second-order valence-electron chi connectivity index (χ2n) is 3.91. The fourth-order valence-electron chi connectivity index (χ4n) is 1.76. The summed E-state index contributed by atoms with van der Waals surface area (Å²) in [5.74, 6) is -0.979. The van der Waals surface area contributed by atoms with Gasteiger partial charge in [0, 0.05) is 15.6 Å². The van der Waals surface area contributed by atoms with Crippen LogP contribution in [0.15, 0.2) is 36.4 Å². The Labute approximate surface area is 115 Å². The van der Waals surface area contributed by atoms with Crippen molar-refractivity contribution in [2.75, 3.05) is 0 Å². The first-order chi connectivity index (χ1) is 8.50. The topological polar surface area (TPSA) is 37.3 Å².